The van der Waals surface area contributed by atoms with Gasteiger partial charge in [0.1, 0.15) is 0 Å². The van der Waals surface area contributed by atoms with Crippen molar-refractivity contribution in [3.8, 4) is 0 Å². The zero-order valence-electron chi connectivity index (χ0n) is 14.9. The van der Waals surface area contributed by atoms with Crippen LogP contribution in [0.1, 0.15) is 32.4 Å². The number of hydrogen-bond acceptors (Lipinski definition) is 3. The lowest BCUT2D eigenvalue weighted by Gasteiger charge is -2.35. The number of thiophene rings is 1. The van der Waals surface area contributed by atoms with Gasteiger partial charge >= 0.3 is 0 Å². The van der Waals surface area contributed by atoms with Crippen molar-refractivity contribution in [3.63, 3.8) is 0 Å². The van der Waals surface area contributed by atoms with Gasteiger partial charge in [0.25, 0.3) is 5.91 Å². The third-order valence-corrected chi connectivity index (χ3v) is 6.35. The van der Waals surface area contributed by atoms with Crippen LogP contribution < -0.4 is 5.32 Å². The summed E-state index contributed by atoms with van der Waals surface area (Å²) in [4.78, 5) is 16.3. The van der Waals surface area contributed by atoms with Crippen LogP contribution in [0.5, 0.6) is 0 Å². The summed E-state index contributed by atoms with van der Waals surface area (Å²) in [6, 6.07) is 20.2. The maximum atomic E-state index is 12.6. The van der Waals surface area contributed by atoms with Gasteiger partial charge in [0.05, 0.1) is 16.6 Å². The molecule has 0 spiro atoms. The summed E-state index contributed by atoms with van der Waals surface area (Å²) < 4.78 is 0. The Morgan fingerprint density at radius 1 is 1.07 bits per heavy atom. The van der Waals surface area contributed by atoms with E-state index < -0.39 is 0 Å². The predicted octanol–water partition coefficient (Wildman–Crippen LogP) is 4.93. The molecule has 0 fully saturated rings. The molecule has 1 amide bonds. The number of carbonyl (C=O) groups is 1. The Morgan fingerprint density at radius 3 is 2.63 bits per heavy atom. The molecule has 0 radical (unpaired) electrons. The summed E-state index contributed by atoms with van der Waals surface area (Å²) in [7, 11) is 0. The normalized spacial score (nSPS) is 15.1. The summed E-state index contributed by atoms with van der Waals surface area (Å²) in [6.45, 7) is 2.45. The second kappa shape index (κ2) is 8.26. The number of hydrogen-bond donors (Lipinski definition) is 1. The molecule has 1 atom stereocenters. The van der Waals surface area contributed by atoms with Crippen molar-refractivity contribution in [1.29, 1.82) is 0 Å². The smallest absolute Gasteiger partial charge is 0.252 e. The fraction of sp³-hybridized carbons (Fsp3) is 0.227. The lowest BCUT2D eigenvalue weighted by atomic mass is 9.98. The highest BCUT2D eigenvalue weighted by Gasteiger charge is 2.26. The highest BCUT2D eigenvalue weighted by atomic mass is 35.5. The summed E-state index contributed by atoms with van der Waals surface area (Å²) in [5.74, 6) is -0.125. The van der Waals surface area contributed by atoms with Gasteiger partial charge in [0, 0.05) is 24.5 Å². The average molecular weight is 397 g/mol. The second-order valence-corrected chi connectivity index (χ2v) is 8.10. The Morgan fingerprint density at radius 2 is 1.85 bits per heavy atom. The van der Waals surface area contributed by atoms with Crippen LogP contribution in [-0.4, -0.2) is 23.9 Å². The van der Waals surface area contributed by atoms with E-state index in [0.717, 1.165) is 19.5 Å². The van der Waals surface area contributed by atoms with Crippen LogP contribution >= 0.6 is 22.9 Å². The molecule has 1 aliphatic heterocycles. The molecular weight excluding hydrogens is 376 g/mol. The molecule has 2 aromatic carbocycles. The maximum Gasteiger partial charge on any atom is 0.252 e. The summed E-state index contributed by atoms with van der Waals surface area (Å²) in [5.41, 5.74) is 3.33. The average Bonchev–Trinajstić information content (AvgIpc) is 3.23. The summed E-state index contributed by atoms with van der Waals surface area (Å²) >= 11 is 7.91. The molecule has 0 aliphatic carbocycles. The lowest BCUT2D eigenvalue weighted by molar-refractivity contribution is 0.0929. The zero-order valence-corrected chi connectivity index (χ0v) is 16.5. The summed E-state index contributed by atoms with van der Waals surface area (Å²) in [6.07, 6.45) is 1.04. The van der Waals surface area contributed by atoms with E-state index in [9.17, 15) is 4.79 Å². The number of rotatable bonds is 5. The van der Waals surface area contributed by atoms with Crippen LogP contribution in [0.15, 0.2) is 66.0 Å². The Labute approximate surface area is 168 Å². The molecule has 3 aromatic rings. The van der Waals surface area contributed by atoms with Gasteiger partial charge in [-0.3, -0.25) is 9.69 Å². The molecule has 3 nitrogen and oxygen atoms in total. The first-order chi connectivity index (χ1) is 13.2. The van der Waals surface area contributed by atoms with Crippen LogP contribution in [0.25, 0.3) is 0 Å². The molecule has 138 valence electrons. The van der Waals surface area contributed by atoms with E-state index in [-0.39, 0.29) is 11.9 Å². The molecule has 1 aromatic heterocycles. The fourth-order valence-electron chi connectivity index (χ4n) is 3.60. The number of halogens is 1. The maximum absolute atomic E-state index is 12.6. The van der Waals surface area contributed by atoms with Crippen molar-refractivity contribution in [2.75, 3.05) is 13.1 Å². The first-order valence-electron chi connectivity index (χ1n) is 9.09. The Kier molecular flexibility index (Phi) is 5.58. The van der Waals surface area contributed by atoms with Crippen molar-refractivity contribution in [2.45, 2.75) is 19.0 Å². The first kappa shape index (κ1) is 18.2. The van der Waals surface area contributed by atoms with E-state index in [4.69, 9.17) is 11.6 Å². The van der Waals surface area contributed by atoms with Gasteiger partial charge in [-0.15, -0.1) is 11.3 Å². The van der Waals surface area contributed by atoms with Crippen LogP contribution in [0.3, 0.4) is 0 Å². The molecule has 27 heavy (non-hydrogen) atoms. The highest BCUT2D eigenvalue weighted by molar-refractivity contribution is 7.10. The van der Waals surface area contributed by atoms with Crippen molar-refractivity contribution in [3.05, 3.63) is 92.6 Å². The molecule has 0 saturated heterocycles. The topological polar surface area (TPSA) is 32.3 Å². The largest absolute Gasteiger partial charge is 0.350 e. The van der Waals surface area contributed by atoms with Crippen molar-refractivity contribution >= 4 is 28.8 Å². The Balaban J connectivity index is 1.51. The number of nitrogens with zero attached hydrogens (tertiary/aromatic N) is 1. The number of fused-ring (bicyclic) bond motifs is 1. The molecule has 1 aliphatic rings. The van der Waals surface area contributed by atoms with Crippen LogP contribution in [0.2, 0.25) is 5.02 Å². The van der Waals surface area contributed by atoms with E-state index in [0.29, 0.717) is 17.1 Å². The lowest BCUT2D eigenvalue weighted by Crippen LogP contribution is -2.40. The highest BCUT2D eigenvalue weighted by Crippen LogP contribution is 2.30. The molecule has 4 rings (SSSR count). The molecule has 0 saturated carbocycles. The molecule has 5 heteroatoms. The van der Waals surface area contributed by atoms with Crippen LogP contribution in [0.4, 0.5) is 0 Å². The third kappa shape index (κ3) is 4.08. The molecule has 2 heterocycles. The van der Waals surface area contributed by atoms with Crippen molar-refractivity contribution in [2.24, 2.45) is 0 Å². The van der Waals surface area contributed by atoms with Gasteiger partial charge in [-0.05, 0) is 41.1 Å². The van der Waals surface area contributed by atoms with Crippen LogP contribution in [0, 0.1) is 0 Å². The van der Waals surface area contributed by atoms with E-state index in [2.05, 4.69) is 52.0 Å². The minimum atomic E-state index is -0.125. The molecule has 0 bridgehead atoms. The van der Waals surface area contributed by atoms with Crippen molar-refractivity contribution < 1.29 is 4.79 Å². The van der Waals surface area contributed by atoms with Gasteiger partial charge in [0.15, 0.2) is 0 Å². The monoisotopic (exact) mass is 396 g/mol. The second-order valence-electron chi connectivity index (χ2n) is 6.71. The zero-order chi connectivity index (χ0) is 18.6. The molecular formula is C22H21ClN2OS. The standard InChI is InChI=1S/C22H21ClN2OS/c23-19-9-4-3-8-18(19)22(26)24-14-20(21-10-5-13-27-21)25-12-11-16-6-1-2-7-17(16)15-25/h1-10,13,20H,11-12,14-15H2,(H,24,26). The van der Waals surface area contributed by atoms with E-state index >= 15 is 0 Å². The quantitative estimate of drug-likeness (QED) is 0.663. The Bertz CT molecular complexity index is 926. The number of nitrogens with one attached hydrogen (secondary N) is 1. The Hall–Kier alpha value is -2.14. The third-order valence-electron chi connectivity index (χ3n) is 5.05. The number of benzene rings is 2. The molecule has 1 unspecified atom stereocenters. The SMILES string of the molecule is O=C(NCC(c1cccs1)N1CCc2ccccc2C1)c1ccccc1Cl. The number of carbonyl (C=O) groups excluding carboxylic acids is 1. The van der Waals surface area contributed by atoms with Gasteiger partial charge in [-0.2, -0.15) is 0 Å². The van der Waals surface area contributed by atoms with Gasteiger partial charge in [0.2, 0.25) is 0 Å². The minimum Gasteiger partial charge on any atom is -0.350 e. The van der Waals surface area contributed by atoms with E-state index in [1.165, 1.54) is 16.0 Å². The van der Waals surface area contributed by atoms with E-state index in [1.807, 2.05) is 12.1 Å². The van der Waals surface area contributed by atoms with Gasteiger partial charge in [-0.1, -0.05) is 54.1 Å². The molecule has 1 N–H and O–H groups in total. The summed E-state index contributed by atoms with van der Waals surface area (Å²) in [5, 5.41) is 5.67. The number of amides is 1. The predicted molar refractivity (Wildman–Crippen MR) is 111 cm³/mol. The minimum absolute atomic E-state index is 0.125. The van der Waals surface area contributed by atoms with Gasteiger partial charge in [-0.25, -0.2) is 0 Å². The van der Waals surface area contributed by atoms with Crippen molar-refractivity contribution in [1.82, 2.24) is 10.2 Å². The van der Waals surface area contributed by atoms with Crippen LogP contribution in [-0.2, 0) is 13.0 Å². The first-order valence-corrected chi connectivity index (χ1v) is 10.3. The van der Waals surface area contributed by atoms with E-state index in [1.54, 1.807) is 23.5 Å². The van der Waals surface area contributed by atoms with Gasteiger partial charge < -0.3 is 5.32 Å². The fourth-order valence-corrected chi connectivity index (χ4v) is 4.69.